The van der Waals surface area contributed by atoms with E-state index in [-0.39, 0.29) is 18.7 Å². The number of halogens is 3. The second-order valence-corrected chi connectivity index (χ2v) is 5.17. The van der Waals surface area contributed by atoms with Gasteiger partial charge in [-0.05, 0) is 35.9 Å². The Morgan fingerprint density at radius 2 is 1.95 bits per heavy atom. The van der Waals surface area contributed by atoms with Gasteiger partial charge in [-0.3, -0.25) is 0 Å². The monoisotopic (exact) mass is 324 g/mol. The van der Waals surface area contributed by atoms with Crippen molar-refractivity contribution in [3.8, 4) is 11.8 Å². The molecular weight excluding hydrogens is 314 g/mol. The third kappa shape index (κ3) is 3.85. The van der Waals surface area contributed by atoms with E-state index in [1.54, 1.807) is 18.2 Å². The minimum atomic E-state index is -0.492. The highest BCUT2D eigenvalue weighted by molar-refractivity contribution is 6.35. The summed E-state index contributed by atoms with van der Waals surface area (Å²) in [4.78, 5) is 0. The molecule has 2 N–H and O–H groups in total. The quantitative estimate of drug-likeness (QED) is 0.923. The van der Waals surface area contributed by atoms with Crippen LogP contribution in [-0.2, 0) is 13.2 Å². The molecule has 0 saturated heterocycles. The molecule has 21 heavy (non-hydrogen) atoms. The van der Waals surface area contributed by atoms with Gasteiger partial charge >= 0.3 is 0 Å². The van der Waals surface area contributed by atoms with Crippen LogP contribution in [0.25, 0.3) is 0 Å². The molecule has 0 amide bonds. The molecule has 0 saturated carbocycles. The van der Waals surface area contributed by atoms with Gasteiger partial charge in [-0.25, -0.2) is 4.39 Å². The third-order valence-electron chi connectivity index (χ3n) is 2.78. The first-order valence-electron chi connectivity index (χ1n) is 6.04. The van der Waals surface area contributed by atoms with Crippen molar-refractivity contribution < 1.29 is 9.13 Å². The number of nitrogens with two attached hydrogens (primary N) is 1. The number of hydrogen-bond acceptors (Lipinski definition) is 3. The summed E-state index contributed by atoms with van der Waals surface area (Å²) >= 11 is 12.0. The van der Waals surface area contributed by atoms with Crippen LogP contribution < -0.4 is 10.5 Å². The van der Waals surface area contributed by atoms with Gasteiger partial charge in [0.2, 0.25) is 0 Å². The highest BCUT2D eigenvalue weighted by Gasteiger charge is 2.10. The summed E-state index contributed by atoms with van der Waals surface area (Å²) in [5.41, 5.74) is 7.04. The number of rotatable bonds is 4. The van der Waals surface area contributed by atoms with Gasteiger partial charge in [-0.2, -0.15) is 5.26 Å². The molecule has 0 aliphatic rings. The average molecular weight is 325 g/mol. The molecule has 0 radical (unpaired) electrons. The third-order valence-corrected chi connectivity index (χ3v) is 3.27. The summed E-state index contributed by atoms with van der Waals surface area (Å²) in [7, 11) is 0. The summed E-state index contributed by atoms with van der Waals surface area (Å²) in [6, 6.07) is 9.10. The Morgan fingerprint density at radius 3 is 2.62 bits per heavy atom. The van der Waals surface area contributed by atoms with Crippen LogP contribution >= 0.6 is 23.2 Å². The molecule has 0 unspecified atom stereocenters. The van der Waals surface area contributed by atoms with Crippen molar-refractivity contribution in [2.45, 2.75) is 13.2 Å². The molecule has 108 valence electrons. The van der Waals surface area contributed by atoms with E-state index in [4.69, 9.17) is 38.9 Å². The summed E-state index contributed by atoms with van der Waals surface area (Å²) < 4.78 is 19.0. The number of ether oxygens (including phenoxy) is 1. The maximum Gasteiger partial charge on any atom is 0.142 e. The van der Waals surface area contributed by atoms with Gasteiger partial charge in [0.1, 0.15) is 18.2 Å². The summed E-state index contributed by atoms with van der Waals surface area (Å²) in [5, 5.41) is 9.62. The van der Waals surface area contributed by atoms with Crippen LogP contribution in [-0.4, -0.2) is 0 Å². The van der Waals surface area contributed by atoms with Crippen molar-refractivity contribution in [1.29, 1.82) is 5.26 Å². The van der Waals surface area contributed by atoms with Crippen molar-refractivity contribution in [3.05, 3.63) is 62.9 Å². The van der Waals surface area contributed by atoms with Gasteiger partial charge in [0.25, 0.3) is 0 Å². The van der Waals surface area contributed by atoms with E-state index in [0.29, 0.717) is 26.9 Å². The van der Waals surface area contributed by atoms with Crippen LogP contribution in [0.5, 0.6) is 5.75 Å². The fourth-order valence-corrected chi connectivity index (χ4v) is 2.47. The van der Waals surface area contributed by atoms with Crippen molar-refractivity contribution in [2.24, 2.45) is 5.73 Å². The minimum Gasteiger partial charge on any atom is -0.487 e. The lowest BCUT2D eigenvalue weighted by Gasteiger charge is -2.13. The predicted molar refractivity (Wildman–Crippen MR) is 79.8 cm³/mol. The zero-order valence-corrected chi connectivity index (χ0v) is 12.4. The lowest BCUT2D eigenvalue weighted by Crippen LogP contribution is -2.04. The lowest BCUT2D eigenvalue weighted by molar-refractivity contribution is 0.302. The van der Waals surface area contributed by atoms with Crippen LogP contribution in [0.3, 0.4) is 0 Å². The largest absolute Gasteiger partial charge is 0.487 e. The normalized spacial score (nSPS) is 10.2. The second kappa shape index (κ2) is 6.77. The van der Waals surface area contributed by atoms with Crippen molar-refractivity contribution in [1.82, 2.24) is 0 Å². The van der Waals surface area contributed by atoms with Crippen LogP contribution in [0.4, 0.5) is 4.39 Å². The smallest absolute Gasteiger partial charge is 0.142 e. The van der Waals surface area contributed by atoms with E-state index < -0.39 is 5.82 Å². The molecule has 0 aromatic heterocycles. The first-order valence-corrected chi connectivity index (χ1v) is 6.79. The van der Waals surface area contributed by atoms with Crippen LogP contribution in [0.1, 0.15) is 16.7 Å². The van der Waals surface area contributed by atoms with Crippen LogP contribution in [0, 0.1) is 17.1 Å². The predicted octanol–water partition coefficient (Wildman–Crippen LogP) is 4.04. The molecule has 0 spiro atoms. The average Bonchev–Trinajstić information content (AvgIpc) is 2.44. The number of nitrogens with zero attached hydrogens (tertiary/aromatic N) is 1. The zero-order valence-electron chi connectivity index (χ0n) is 10.9. The van der Waals surface area contributed by atoms with Crippen molar-refractivity contribution >= 4 is 23.2 Å². The molecule has 0 atom stereocenters. The summed E-state index contributed by atoms with van der Waals surface area (Å²) in [5.74, 6) is -0.0831. The maximum absolute atomic E-state index is 13.3. The Balaban J connectivity index is 2.25. The zero-order chi connectivity index (χ0) is 15.4. The van der Waals surface area contributed by atoms with Gasteiger partial charge < -0.3 is 10.5 Å². The molecule has 6 heteroatoms. The van der Waals surface area contributed by atoms with E-state index in [2.05, 4.69) is 0 Å². The highest BCUT2D eigenvalue weighted by atomic mass is 35.5. The van der Waals surface area contributed by atoms with Crippen LogP contribution in [0.2, 0.25) is 10.0 Å². The van der Waals surface area contributed by atoms with Gasteiger partial charge in [0, 0.05) is 17.1 Å². The van der Waals surface area contributed by atoms with Gasteiger partial charge in [0.15, 0.2) is 0 Å². The highest BCUT2D eigenvalue weighted by Crippen LogP contribution is 2.32. The molecule has 0 heterocycles. The van der Waals surface area contributed by atoms with Gasteiger partial charge in [0.05, 0.1) is 16.7 Å². The number of benzene rings is 2. The van der Waals surface area contributed by atoms with E-state index in [9.17, 15) is 4.39 Å². The maximum atomic E-state index is 13.3. The Bertz CT molecular complexity index is 714. The molecule has 3 nitrogen and oxygen atoms in total. The first kappa shape index (κ1) is 15.6. The van der Waals surface area contributed by atoms with E-state index >= 15 is 0 Å². The molecule has 0 bridgehead atoms. The Kier molecular flexibility index (Phi) is 5.03. The standard InChI is InChI=1S/C15H11Cl2FN2O/c16-12-4-11(7-20)15(14(17)5-12)21-8-10-1-9(6-19)2-13(18)3-10/h1-5H,7-8,20H2. The number of nitriles is 1. The molecule has 2 aromatic carbocycles. The summed E-state index contributed by atoms with van der Waals surface area (Å²) in [6.07, 6.45) is 0. The van der Waals surface area contributed by atoms with E-state index in [1.165, 1.54) is 6.07 Å². The Labute approximate surface area is 131 Å². The Hall–Kier alpha value is -1.80. The van der Waals surface area contributed by atoms with E-state index in [0.717, 1.165) is 6.07 Å². The summed E-state index contributed by atoms with van der Waals surface area (Å²) in [6.45, 7) is 0.281. The number of hydrogen-bond donors (Lipinski definition) is 1. The second-order valence-electron chi connectivity index (χ2n) is 4.33. The minimum absolute atomic E-state index is 0.0702. The molecule has 0 aliphatic carbocycles. The van der Waals surface area contributed by atoms with Crippen molar-refractivity contribution in [2.75, 3.05) is 0 Å². The van der Waals surface area contributed by atoms with Crippen LogP contribution in [0.15, 0.2) is 30.3 Å². The first-order chi connectivity index (χ1) is 10.0. The molecule has 0 aliphatic heterocycles. The molecule has 0 fully saturated rings. The molecular formula is C15H11Cl2FN2O. The SMILES string of the molecule is N#Cc1cc(F)cc(COc2c(Cl)cc(Cl)cc2CN)c1. The molecule has 2 aromatic rings. The van der Waals surface area contributed by atoms with Gasteiger partial charge in [-0.1, -0.05) is 23.2 Å². The Morgan fingerprint density at radius 1 is 1.19 bits per heavy atom. The fourth-order valence-electron chi connectivity index (χ4n) is 1.88. The van der Waals surface area contributed by atoms with Crippen molar-refractivity contribution in [3.63, 3.8) is 0 Å². The lowest BCUT2D eigenvalue weighted by atomic mass is 10.1. The molecule has 2 rings (SSSR count). The van der Waals surface area contributed by atoms with E-state index in [1.807, 2.05) is 6.07 Å². The fraction of sp³-hybridized carbons (Fsp3) is 0.133. The van der Waals surface area contributed by atoms with Gasteiger partial charge in [-0.15, -0.1) is 0 Å². The topological polar surface area (TPSA) is 59.0 Å².